The number of nitrogens with zero attached hydrogens (tertiary/aromatic N) is 6. The molecular weight excluding hydrogens is 1110 g/mol. The van der Waals surface area contributed by atoms with Crippen molar-refractivity contribution in [3.8, 4) is 51.3 Å². The lowest BCUT2D eigenvalue weighted by Gasteiger charge is -2.18. The Hall–Kier alpha value is -6.64. The van der Waals surface area contributed by atoms with Crippen LogP contribution in [0.25, 0.3) is 133 Å². The molecule has 13 rings (SSSR count). The molecule has 0 spiro atoms. The zero-order valence-electron chi connectivity index (χ0n) is 49.6. The Kier molecular flexibility index (Phi) is 16.4. The monoisotopic (exact) mass is 1180 g/mol. The molecule has 0 fully saturated rings. The average Bonchev–Trinajstić information content (AvgIpc) is 1.98. The zero-order chi connectivity index (χ0) is 57.6. The maximum Gasteiger partial charge on any atom is 0.168 e. The molecule has 8 aromatic carbocycles. The van der Waals surface area contributed by atoms with E-state index in [1.807, 2.05) is 47.0 Å². The molecule has 0 radical (unpaired) electrons. The molecule has 8 bridgehead atoms. The Morgan fingerprint density at radius 1 is 0.333 bits per heavy atom. The first kappa shape index (κ1) is 56.5. The van der Waals surface area contributed by atoms with Gasteiger partial charge < -0.3 is 14.7 Å². The second-order valence-corrected chi connectivity index (χ2v) is 26.7. The number of aryl methyl sites for hydroxylation is 3. The number of H-pyrrole nitrogens is 2. The molecule has 0 saturated carbocycles. The van der Waals surface area contributed by atoms with E-state index in [1.165, 1.54) is 47.0 Å². The standard InChI is InChI=1S/C71H72N8OS4/c1-9-14-35-80-59-46-30-22-26-34-50(46)63(84-39-18-13-5)58-54(59)67-77-69-56-53(42(8)45-29-21-24-32-48(45)61(56)82-37-16-11-3)66(76-69)75-68-55-51(40(6)43-27-19-23-31-47(43)60(55)81-36-15-10-2)64(73-68)72-65-52-41(7)44-28-20-25-33-49(44)62(83-38-17-12-4)57(52)70(74-65)79-71(58)78-67/h19-34H,9-18,35-39H2,1-8H3,(H2,72,73,74,75,76,77,78,79). The van der Waals surface area contributed by atoms with Crippen LogP contribution in [0.1, 0.15) is 116 Å². The Bertz CT molecular complexity index is 4590. The van der Waals surface area contributed by atoms with Gasteiger partial charge in [-0.15, -0.1) is 47.0 Å². The maximum absolute atomic E-state index is 7.15. The number of thioether (sulfide) groups is 4. The summed E-state index contributed by atoms with van der Waals surface area (Å²) in [4.78, 5) is 47.7. The summed E-state index contributed by atoms with van der Waals surface area (Å²) in [5.74, 6) is 7.04. The molecule has 0 saturated heterocycles. The molecule has 426 valence electrons. The van der Waals surface area contributed by atoms with Gasteiger partial charge in [-0.3, -0.25) is 0 Å². The minimum Gasteiger partial charge on any atom is -0.492 e. The lowest BCUT2D eigenvalue weighted by atomic mass is 9.95. The topological polar surface area (TPSA) is 118 Å². The van der Waals surface area contributed by atoms with Crippen molar-refractivity contribution in [3.63, 3.8) is 0 Å². The van der Waals surface area contributed by atoms with Crippen LogP contribution in [-0.2, 0) is 0 Å². The molecule has 13 heteroatoms. The SMILES string of the molecule is CCCCOc1c2c(c(SCCCC)c3ccccc13)-c1nc-2nc2[nH]c(nc3nc(nc4[nH]c(n1)c1c(SCCCC)c5ccccc5c(C)c41)-c1c-3c(SCCCC)c3ccccc3c1C)c1c(C)c3ccccc3c(SCCCC)c21. The van der Waals surface area contributed by atoms with Gasteiger partial charge in [0, 0.05) is 63.2 Å². The van der Waals surface area contributed by atoms with Crippen molar-refractivity contribution >= 4 is 134 Å². The first-order valence-electron chi connectivity index (χ1n) is 30.5. The summed E-state index contributed by atoms with van der Waals surface area (Å²) in [6, 6.07) is 35.3. The molecule has 2 N–H and O–H groups in total. The third-order valence-corrected chi connectivity index (χ3v) is 21.6. The number of benzene rings is 8. The average molecular weight is 1180 g/mol. The predicted molar refractivity (Wildman–Crippen MR) is 363 cm³/mol. The van der Waals surface area contributed by atoms with Crippen LogP contribution >= 0.6 is 47.0 Å². The largest absolute Gasteiger partial charge is 0.492 e. The summed E-state index contributed by atoms with van der Waals surface area (Å²) >= 11 is 7.64. The molecule has 2 aliphatic rings. The van der Waals surface area contributed by atoms with Crippen LogP contribution in [0.3, 0.4) is 0 Å². The molecule has 9 nitrogen and oxygen atoms in total. The van der Waals surface area contributed by atoms with Gasteiger partial charge in [0.25, 0.3) is 0 Å². The fourth-order valence-electron chi connectivity index (χ4n) is 12.4. The third-order valence-electron chi connectivity index (χ3n) is 16.7. The van der Waals surface area contributed by atoms with Crippen LogP contribution in [0.5, 0.6) is 5.75 Å². The zero-order valence-corrected chi connectivity index (χ0v) is 52.8. The van der Waals surface area contributed by atoms with Gasteiger partial charge in [-0.2, -0.15) is 0 Å². The number of fused-ring (bicyclic) bond motifs is 24. The highest BCUT2D eigenvalue weighted by Crippen LogP contribution is 2.54. The second kappa shape index (κ2) is 24.4. The van der Waals surface area contributed by atoms with E-state index in [2.05, 4.69) is 162 Å². The first-order valence-corrected chi connectivity index (χ1v) is 34.4. The Morgan fingerprint density at radius 3 is 1.08 bits per heavy atom. The number of unbranched alkanes of at least 4 members (excludes halogenated alkanes) is 5. The molecular formula is C71H72N8OS4. The van der Waals surface area contributed by atoms with Gasteiger partial charge in [0.1, 0.15) is 28.3 Å². The van der Waals surface area contributed by atoms with Crippen molar-refractivity contribution in [2.75, 3.05) is 29.6 Å². The van der Waals surface area contributed by atoms with E-state index < -0.39 is 0 Å². The second-order valence-electron chi connectivity index (χ2n) is 22.3. The normalized spacial score (nSPS) is 12.2. The van der Waals surface area contributed by atoms with Crippen LogP contribution in [0.4, 0.5) is 0 Å². The van der Waals surface area contributed by atoms with Crippen LogP contribution in [-0.4, -0.2) is 69.5 Å². The van der Waals surface area contributed by atoms with Crippen molar-refractivity contribution < 1.29 is 4.74 Å². The number of ether oxygens (including phenoxy) is 1. The smallest absolute Gasteiger partial charge is 0.168 e. The first-order chi connectivity index (χ1) is 41.3. The van der Waals surface area contributed by atoms with E-state index in [4.69, 9.17) is 34.6 Å². The molecule has 2 aliphatic heterocycles. The number of aromatic amines is 2. The quantitative estimate of drug-likeness (QED) is 0.0561. The van der Waals surface area contributed by atoms with Gasteiger partial charge in [0.15, 0.2) is 23.3 Å². The highest BCUT2D eigenvalue weighted by molar-refractivity contribution is 8.00. The van der Waals surface area contributed by atoms with Crippen molar-refractivity contribution in [1.29, 1.82) is 0 Å². The highest BCUT2D eigenvalue weighted by atomic mass is 32.2. The Labute approximate surface area is 509 Å². The van der Waals surface area contributed by atoms with Crippen molar-refractivity contribution in [1.82, 2.24) is 39.9 Å². The highest BCUT2D eigenvalue weighted by Gasteiger charge is 2.33. The van der Waals surface area contributed by atoms with Crippen LogP contribution in [0.15, 0.2) is 117 Å². The van der Waals surface area contributed by atoms with Gasteiger partial charge in [0.2, 0.25) is 0 Å². The van der Waals surface area contributed by atoms with Gasteiger partial charge >= 0.3 is 0 Å². The summed E-state index contributed by atoms with van der Waals surface area (Å²) in [5.41, 5.74) is 10.1. The van der Waals surface area contributed by atoms with E-state index in [9.17, 15) is 0 Å². The molecule has 0 atom stereocenters. The number of nitrogens with one attached hydrogen (secondary N) is 2. The molecule has 0 unspecified atom stereocenters. The summed E-state index contributed by atoms with van der Waals surface area (Å²) in [7, 11) is 0. The number of rotatable bonds is 20. The summed E-state index contributed by atoms with van der Waals surface area (Å²) < 4.78 is 7.15. The van der Waals surface area contributed by atoms with E-state index in [0.717, 1.165) is 169 Å². The van der Waals surface area contributed by atoms with Crippen LogP contribution in [0.2, 0.25) is 0 Å². The van der Waals surface area contributed by atoms with Gasteiger partial charge in [-0.25, -0.2) is 29.9 Å². The molecule has 0 aliphatic carbocycles. The number of aromatic nitrogens is 8. The van der Waals surface area contributed by atoms with Gasteiger partial charge in [-0.05, 0) is 130 Å². The van der Waals surface area contributed by atoms with E-state index in [-0.39, 0.29) is 0 Å². The summed E-state index contributed by atoms with van der Waals surface area (Å²) in [5, 5.41) is 13.5. The van der Waals surface area contributed by atoms with Crippen LogP contribution in [0, 0.1) is 20.8 Å². The van der Waals surface area contributed by atoms with E-state index >= 15 is 0 Å². The van der Waals surface area contributed by atoms with Crippen molar-refractivity contribution in [2.24, 2.45) is 0 Å². The number of hydrogen-bond acceptors (Lipinski definition) is 11. The minimum absolute atomic E-state index is 0.555. The predicted octanol–water partition coefficient (Wildman–Crippen LogP) is 21.2. The van der Waals surface area contributed by atoms with Crippen molar-refractivity contribution in [3.05, 3.63) is 114 Å². The fraction of sp³-hybridized carbons (Fsp3) is 0.324. The van der Waals surface area contributed by atoms with E-state index in [1.54, 1.807) is 0 Å². The van der Waals surface area contributed by atoms with Crippen molar-refractivity contribution in [2.45, 2.75) is 139 Å². The maximum atomic E-state index is 7.15. The van der Waals surface area contributed by atoms with E-state index in [0.29, 0.717) is 52.5 Å². The third kappa shape index (κ3) is 9.79. The number of hydrogen-bond donors (Lipinski definition) is 2. The molecule has 0 amide bonds. The summed E-state index contributed by atoms with van der Waals surface area (Å²) in [6.07, 6.45) is 10.6. The van der Waals surface area contributed by atoms with Crippen LogP contribution < -0.4 is 4.74 Å². The fourth-order valence-corrected chi connectivity index (χ4v) is 17.6. The van der Waals surface area contributed by atoms with Gasteiger partial charge in [0.05, 0.1) is 12.2 Å². The minimum atomic E-state index is 0.555. The van der Waals surface area contributed by atoms with Gasteiger partial charge in [-0.1, -0.05) is 164 Å². The Morgan fingerprint density at radius 2 is 0.655 bits per heavy atom. The molecule has 3 aromatic heterocycles. The lowest BCUT2D eigenvalue weighted by molar-refractivity contribution is 0.314. The Balaban J connectivity index is 1.29. The molecule has 11 aromatic rings. The molecule has 84 heavy (non-hydrogen) atoms. The molecule has 5 heterocycles. The lowest BCUT2D eigenvalue weighted by Crippen LogP contribution is -2.01. The summed E-state index contributed by atoms with van der Waals surface area (Å²) in [6.45, 7) is 18.6.